The van der Waals surface area contributed by atoms with Crippen molar-refractivity contribution in [1.82, 2.24) is 4.31 Å². The van der Waals surface area contributed by atoms with Crippen LogP contribution in [0.15, 0.2) is 29.0 Å². The van der Waals surface area contributed by atoms with Crippen LogP contribution in [0.4, 0.5) is 0 Å². The summed E-state index contributed by atoms with van der Waals surface area (Å²) in [7, 11) is -2.97. The van der Waals surface area contributed by atoms with Gasteiger partial charge in [0.05, 0.1) is 7.11 Å². The summed E-state index contributed by atoms with van der Waals surface area (Å²) in [5, 5.41) is 10.2. The first-order chi connectivity index (χ1) is 9.34. The molecule has 0 bridgehead atoms. The summed E-state index contributed by atoms with van der Waals surface area (Å²) in [6.45, 7) is 2.50. The number of aliphatic carboxylic acids is 1. The molecule has 1 rings (SSSR count). The van der Waals surface area contributed by atoms with Crippen LogP contribution >= 0.6 is 11.3 Å². The van der Waals surface area contributed by atoms with Crippen LogP contribution in [0.3, 0.4) is 0 Å². The molecule has 0 fully saturated rings. The third kappa shape index (κ3) is 3.44. The Kier molecular flexibility index (Phi) is 5.43. The molecule has 0 aliphatic carbocycles. The molecule has 0 atom stereocenters. The third-order valence-corrected chi connectivity index (χ3v) is 5.14. The number of carbonyl (C=O) groups is 2. The highest BCUT2D eigenvalue weighted by atomic mass is 32.2. The van der Waals surface area contributed by atoms with Crippen molar-refractivity contribution in [3.63, 3.8) is 0 Å². The van der Waals surface area contributed by atoms with Crippen LogP contribution in [0.25, 0.3) is 0 Å². The fourth-order valence-corrected chi connectivity index (χ4v) is 4.09. The number of thiophene rings is 1. The van der Waals surface area contributed by atoms with Crippen molar-refractivity contribution in [2.24, 2.45) is 0 Å². The second-order valence-electron chi connectivity index (χ2n) is 3.59. The molecular formula is C11H13NO6S2. The molecule has 9 heteroatoms. The van der Waals surface area contributed by atoms with Gasteiger partial charge in [-0.05, 0) is 11.4 Å². The van der Waals surface area contributed by atoms with Crippen molar-refractivity contribution in [2.45, 2.75) is 4.90 Å². The number of carbonyl (C=O) groups excluding carboxylic acids is 1. The second-order valence-corrected chi connectivity index (χ2v) is 6.41. The van der Waals surface area contributed by atoms with Crippen molar-refractivity contribution in [2.75, 3.05) is 20.2 Å². The smallest absolute Gasteiger partial charge is 0.349 e. The van der Waals surface area contributed by atoms with Crippen molar-refractivity contribution in [3.05, 3.63) is 29.0 Å². The zero-order valence-electron chi connectivity index (χ0n) is 10.6. The second kappa shape index (κ2) is 6.64. The van der Waals surface area contributed by atoms with E-state index in [-0.39, 0.29) is 16.3 Å². The monoisotopic (exact) mass is 319 g/mol. The van der Waals surface area contributed by atoms with Crippen LogP contribution in [0, 0.1) is 0 Å². The lowest BCUT2D eigenvalue weighted by molar-refractivity contribution is -0.137. The third-order valence-electron chi connectivity index (χ3n) is 2.26. The first kappa shape index (κ1) is 16.3. The number of ether oxygens (including phenoxy) is 1. The molecule has 110 valence electrons. The fraction of sp³-hybridized carbons (Fsp3) is 0.273. The number of carboxylic acids is 1. The van der Waals surface area contributed by atoms with E-state index in [9.17, 15) is 18.0 Å². The number of sulfonamides is 1. The summed E-state index contributed by atoms with van der Waals surface area (Å²) >= 11 is 0.910. The summed E-state index contributed by atoms with van der Waals surface area (Å²) in [6, 6.07) is 1.24. The Morgan fingerprint density at radius 2 is 2.20 bits per heavy atom. The molecule has 1 aromatic rings. The molecule has 1 heterocycles. The Labute approximate surface area is 120 Å². The molecule has 0 saturated carbocycles. The van der Waals surface area contributed by atoms with E-state index in [1.54, 1.807) is 0 Å². The predicted molar refractivity (Wildman–Crippen MR) is 72.3 cm³/mol. The summed E-state index contributed by atoms with van der Waals surface area (Å²) < 4.78 is 30.0. The molecule has 1 aromatic heterocycles. The number of methoxy groups -OCH3 is 1. The minimum Gasteiger partial charge on any atom is -0.480 e. The highest BCUT2D eigenvalue weighted by molar-refractivity contribution is 7.89. The van der Waals surface area contributed by atoms with Crippen LogP contribution in [-0.4, -0.2) is 50.0 Å². The van der Waals surface area contributed by atoms with E-state index in [1.807, 2.05) is 0 Å². The van der Waals surface area contributed by atoms with Crippen LogP contribution in [0.5, 0.6) is 0 Å². The van der Waals surface area contributed by atoms with Gasteiger partial charge in [0.15, 0.2) is 0 Å². The summed E-state index contributed by atoms with van der Waals surface area (Å²) in [5.74, 6) is -2.09. The van der Waals surface area contributed by atoms with Gasteiger partial charge < -0.3 is 9.84 Å². The Bertz CT molecular complexity index is 619. The SMILES string of the molecule is C=CCN(CC(=O)O)S(=O)(=O)c1ccsc1C(=O)OC. The van der Waals surface area contributed by atoms with E-state index in [1.165, 1.54) is 17.5 Å². The van der Waals surface area contributed by atoms with Gasteiger partial charge in [0, 0.05) is 6.54 Å². The largest absolute Gasteiger partial charge is 0.480 e. The standard InChI is InChI=1S/C11H13NO6S2/c1-3-5-12(7-9(13)14)20(16,17)8-4-6-19-10(8)11(15)18-2/h3-4,6H,1,5,7H2,2H3,(H,13,14). The Hall–Kier alpha value is -1.71. The average Bonchev–Trinajstić information content (AvgIpc) is 2.86. The van der Waals surface area contributed by atoms with Crippen molar-refractivity contribution >= 4 is 33.3 Å². The van der Waals surface area contributed by atoms with Crippen molar-refractivity contribution in [1.29, 1.82) is 0 Å². The Morgan fingerprint density at radius 1 is 1.55 bits per heavy atom. The van der Waals surface area contributed by atoms with Crippen LogP contribution < -0.4 is 0 Å². The quantitative estimate of drug-likeness (QED) is 0.589. The zero-order valence-corrected chi connectivity index (χ0v) is 12.2. The van der Waals surface area contributed by atoms with Crippen molar-refractivity contribution in [3.8, 4) is 0 Å². The lowest BCUT2D eigenvalue weighted by atomic mass is 10.5. The molecule has 0 radical (unpaired) electrons. The van der Waals surface area contributed by atoms with E-state index < -0.39 is 28.5 Å². The minimum atomic E-state index is -4.11. The molecule has 0 aliphatic rings. The van der Waals surface area contributed by atoms with E-state index >= 15 is 0 Å². The summed E-state index contributed by atoms with van der Waals surface area (Å²) in [6.07, 6.45) is 1.27. The molecular weight excluding hydrogens is 306 g/mol. The molecule has 20 heavy (non-hydrogen) atoms. The van der Waals surface area contributed by atoms with Gasteiger partial charge in [0.25, 0.3) is 0 Å². The minimum absolute atomic E-state index is 0.0908. The van der Waals surface area contributed by atoms with Gasteiger partial charge in [-0.1, -0.05) is 6.08 Å². The van der Waals surface area contributed by atoms with Gasteiger partial charge in [-0.2, -0.15) is 4.31 Å². The number of hydrogen-bond donors (Lipinski definition) is 1. The number of hydrogen-bond acceptors (Lipinski definition) is 6. The highest BCUT2D eigenvalue weighted by Gasteiger charge is 2.31. The van der Waals surface area contributed by atoms with Crippen LogP contribution in [0.1, 0.15) is 9.67 Å². The summed E-state index contributed by atoms with van der Waals surface area (Å²) in [5.41, 5.74) is 0. The molecule has 0 amide bonds. The Balaban J connectivity index is 3.26. The van der Waals surface area contributed by atoms with Gasteiger partial charge in [-0.15, -0.1) is 17.9 Å². The van der Waals surface area contributed by atoms with E-state index in [0.717, 1.165) is 22.8 Å². The maximum atomic E-state index is 12.4. The maximum Gasteiger partial charge on any atom is 0.349 e. The van der Waals surface area contributed by atoms with E-state index in [0.29, 0.717) is 0 Å². The number of carboxylic acid groups (broad SMARTS) is 1. The van der Waals surface area contributed by atoms with Gasteiger partial charge >= 0.3 is 11.9 Å². The van der Waals surface area contributed by atoms with Crippen LogP contribution in [0.2, 0.25) is 0 Å². The van der Waals surface area contributed by atoms with Crippen LogP contribution in [-0.2, 0) is 19.6 Å². The first-order valence-electron chi connectivity index (χ1n) is 5.33. The molecule has 0 aromatic carbocycles. The van der Waals surface area contributed by atoms with E-state index in [2.05, 4.69) is 11.3 Å². The molecule has 0 unspecified atom stereocenters. The van der Waals surface area contributed by atoms with Crippen molar-refractivity contribution < 1.29 is 27.9 Å². The Morgan fingerprint density at radius 3 is 2.70 bits per heavy atom. The zero-order chi connectivity index (χ0) is 15.3. The fourth-order valence-electron chi connectivity index (χ4n) is 1.42. The normalized spacial score (nSPS) is 11.3. The van der Waals surface area contributed by atoms with E-state index in [4.69, 9.17) is 5.11 Å². The molecule has 0 spiro atoms. The number of rotatable bonds is 7. The maximum absolute atomic E-state index is 12.4. The predicted octanol–water partition coefficient (Wildman–Crippen LogP) is 0.796. The van der Waals surface area contributed by atoms with Gasteiger partial charge in [0.1, 0.15) is 16.3 Å². The topological polar surface area (TPSA) is 101 Å². The summed E-state index contributed by atoms with van der Waals surface area (Å²) in [4.78, 5) is 21.9. The molecule has 7 nitrogen and oxygen atoms in total. The molecule has 0 saturated heterocycles. The lowest BCUT2D eigenvalue weighted by Crippen LogP contribution is -2.36. The van der Waals surface area contributed by atoms with Gasteiger partial charge in [0.2, 0.25) is 10.0 Å². The number of esters is 1. The molecule has 1 N–H and O–H groups in total. The van der Waals surface area contributed by atoms with Gasteiger partial charge in [-0.3, -0.25) is 4.79 Å². The molecule has 0 aliphatic heterocycles. The van der Waals surface area contributed by atoms with Gasteiger partial charge in [-0.25, -0.2) is 13.2 Å². The number of nitrogens with zero attached hydrogens (tertiary/aromatic N) is 1. The first-order valence-corrected chi connectivity index (χ1v) is 7.65. The lowest BCUT2D eigenvalue weighted by Gasteiger charge is -2.18. The average molecular weight is 319 g/mol. The highest BCUT2D eigenvalue weighted by Crippen LogP contribution is 2.25.